The molecule has 0 aliphatic carbocycles. The first-order chi connectivity index (χ1) is 7.15. The predicted molar refractivity (Wildman–Crippen MR) is 65.5 cm³/mol. The van der Waals surface area contributed by atoms with Gasteiger partial charge in [0.05, 0.1) is 16.7 Å². The highest BCUT2D eigenvalue weighted by atomic mass is 35.5. The second-order valence-corrected chi connectivity index (χ2v) is 4.25. The molecule has 0 aromatic heterocycles. The summed E-state index contributed by atoms with van der Waals surface area (Å²) in [6.07, 6.45) is 0.895. The molecule has 15 heavy (non-hydrogen) atoms. The fraction of sp³-hybridized carbons (Fsp3) is 0.400. The van der Waals surface area contributed by atoms with Crippen LogP contribution in [0.1, 0.15) is 6.42 Å². The largest absolute Gasteiger partial charge is 0.490 e. The molecule has 1 rings (SSSR count). The summed E-state index contributed by atoms with van der Waals surface area (Å²) in [7, 11) is 1.89. The molecule has 0 spiro atoms. The summed E-state index contributed by atoms with van der Waals surface area (Å²) >= 11 is 17.6. The fourth-order valence-electron chi connectivity index (χ4n) is 1.09. The van der Waals surface area contributed by atoms with Gasteiger partial charge >= 0.3 is 0 Å². The number of hydrogen-bond acceptors (Lipinski definition) is 2. The average Bonchev–Trinajstić information content (AvgIpc) is 2.15. The molecule has 0 atom stereocenters. The number of hydrogen-bond donors (Lipinski definition) is 1. The molecule has 0 saturated heterocycles. The van der Waals surface area contributed by atoms with Crippen molar-refractivity contribution in [1.29, 1.82) is 0 Å². The van der Waals surface area contributed by atoms with Crippen LogP contribution in [0.3, 0.4) is 0 Å². The van der Waals surface area contributed by atoms with Crippen LogP contribution in [0.5, 0.6) is 5.75 Å². The van der Waals surface area contributed by atoms with Crippen molar-refractivity contribution < 1.29 is 4.74 Å². The van der Waals surface area contributed by atoms with E-state index in [1.165, 1.54) is 0 Å². The van der Waals surface area contributed by atoms with Crippen LogP contribution in [-0.4, -0.2) is 20.2 Å². The summed E-state index contributed by atoms with van der Waals surface area (Å²) < 4.78 is 5.46. The molecule has 0 amide bonds. The van der Waals surface area contributed by atoms with Gasteiger partial charge < -0.3 is 10.1 Å². The number of nitrogens with one attached hydrogen (secondary N) is 1. The molecular formula is C10H12Cl3NO. The Morgan fingerprint density at radius 3 is 2.33 bits per heavy atom. The Balaban J connectivity index is 2.60. The zero-order valence-electron chi connectivity index (χ0n) is 8.32. The van der Waals surface area contributed by atoms with Gasteiger partial charge in [-0.1, -0.05) is 34.8 Å². The van der Waals surface area contributed by atoms with Crippen molar-refractivity contribution in [1.82, 2.24) is 5.32 Å². The number of halogens is 3. The van der Waals surface area contributed by atoms with Crippen LogP contribution in [-0.2, 0) is 0 Å². The Labute approximate surface area is 104 Å². The number of ether oxygens (including phenoxy) is 1. The molecule has 0 heterocycles. The molecule has 84 valence electrons. The lowest BCUT2D eigenvalue weighted by molar-refractivity contribution is 0.310. The maximum absolute atomic E-state index is 5.94. The van der Waals surface area contributed by atoms with Crippen LogP contribution >= 0.6 is 34.8 Å². The first kappa shape index (κ1) is 12.9. The summed E-state index contributed by atoms with van der Waals surface area (Å²) in [5.41, 5.74) is 0. The van der Waals surface area contributed by atoms with Gasteiger partial charge in [0.2, 0.25) is 0 Å². The van der Waals surface area contributed by atoms with Crippen LogP contribution in [0.15, 0.2) is 12.1 Å². The molecule has 0 saturated carbocycles. The van der Waals surface area contributed by atoms with Crippen molar-refractivity contribution in [3.05, 3.63) is 27.2 Å². The van der Waals surface area contributed by atoms with Crippen molar-refractivity contribution in [2.75, 3.05) is 20.2 Å². The lowest BCUT2D eigenvalue weighted by atomic mass is 10.3. The van der Waals surface area contributed by atoms with Crippen LogP contribution in [0.4, 0.5) is 0 Å². The van der Waals surface area contributed by atoms with E-state index in [9.17, 15) is 0 Å². The van der Waals surface area contributed by atoms with Gasteiger partial charge in [0.1, 0.15) is 0 Å². The first-order valence-corrected chi connectivity index (χ1v) is 5.70. The summed E-state index contributed by atoms with van der Waals surface area (Å²) in [6, 6.07) is 3.23. The maximum Gasteiger partial charge on any atom is 0.156 e. The summed E-state index contributed by atoms with van der Waals surface area (Å²) in [5.74, 6) is 0.499. The molecule has 0 fully saturated rings. The van der Waals surface area contributed by atoms with Crippen LogP contribution < -0.4 is 10.1 Å². The quantitative estimate of drug-likeness (QED) is 0.823. The molecule has 0 bridgehead atoms. The Morgan fingerprint density at radius 1 is 1.20 bits per heavy atom. The van der Waals surface area contributed by atoms with Crippen molar-refractivity contribution in [2.45, 2.75) is 6.42 Å². The summed E-state index contributed by atoms with van der Waals surface area (Å²) in [5, 5.41) is 4.42. The SMILES string of the molecule is CNCCCOc1c(Cl)cc(Cl)cc1Cl. The second kappa shape index (κ2) is 6.44. The van der Waals surface area contributed by atoms with E-state index < -0.39 is 0 Å². The van der Waals surface area contributed by atoms with E-state index >= 15 is 0 Å². The molecule has 0 aliphatic rings. The molecule has 5 heteroatoms. The van der Waals surface area contributed by atoms with Crippen molar-refractivity contribution in [2.24, 2.45) is 0 Å². The third-order valence-corrected chi connectivity index (χ3v) is 2.56. The molecule has 0 radical (unpaired) electrons. The Bertz CT molecular complexity index is 307. The molecule has 1 N–H and O–H groups in total. The van der Waals surface area contributed by atoms with Crippen molar-refractivity contribution in [3.8, 4) is 5.75 Å². The zero-order chi connectivity index (χ0) is 11.3. The summed E-state index contributed by atoms with van der Waals surface area (Å²) in [4.78, 5) is 0. The monoisotopic (exact) mass is 267 g/mol. The Morgan fingerprint density at radius 2 is 1.80 bits per heavy atom. The molecule has 1 aromatic rings. The standard InChI is InChI=1S/C10H12Cl3NO/c1-14-3-2-4-15-10-8(12)5-7(11)6-9(10)13/h5-6,14H,2-4H2,1H3. The van der Waals surface area contributed by atoms with E-state index in [0.29, 0.717) is 27.4 Å². The third kappa shape index (κ3) is 4.07. The highest BCUT2D eigenvalue weighted by Gasteiger charge is 2.08. The van der Waals surface area contributed by atoms with Gasteiger partial charge in [-0.05, 0) is 32.1 Å². The maximum atomic E-state index is 5.94. The fourth-order valence-corrected chi connectivity index (χ4v) is 2.02. The second-order valence-electron chi connectivity index (χ2n) is 3.00. The minimum absolute atomic E-state index is 0.442. The van der Waals surface area contributed by atoms with Gasteiger partial charge in [-0.2, -0.15) is 0 Å². The first-order valence-electron chi connectivity index (χ1n) is 4.57. The lowest BCUT2D eigenvalue weighted by Gasteiger charge is -2.09. The van der Waals surface area contributed by atoms with Crippen LogP contribution in [0, 0.1) is 0 Å². The van der Waals surface area contributed by atoms with Crippen LogP contribution in [0.25, 0.3) is 0 Å². The zero-order valence-corrected chi connectivity index (χ0v) is 10.6. The Hall–Kier alpha value is -0.150. The van der Waals surface area contributed by atoms with E-state index in [4.69, 9.17) is 39.5 Å². The highest BCUT2D eigenvalue weighted by Crippen LogP contribution is 2.35. The molecule has 2 nitrogen and oxygen atoms in total. The average molecular weight is 269 g/mol. The van der Waals surface area contributed by atoms with Gasteiger partial charge in [-0.3, -0.25) is 0 Å². The number of benzene rings is 1. The van der Waals surface area contributed by atoms with Crippen molar-refractivity contribution in [3.63, 3.8) is 0 Å². The summed E-state index contributed by atoms with van der Waals surface area (Å²) in [6.45, 7) is 1.46. The van der Waals surface area contributed by atoms with E-state index in [1.54, 1.807) is 12.1 Å². The molecule has 1 aromatic carbocycles. The van der Waals surface area contributed by atoms with Gasteiger partial charge in [-0.15, -0.1) is 0 Å². The van der Waals surface area contributed by atoms with E-state index in [1.807, 2.05) is 7.05 Å². The topological polar surface area (TPSA) is 21.3 Å². The van der Waals surface area contributed by atoms with Gasteiger partial charge in [-0.25, -0.2) is 0 Å². The highest BCUT2D eigenvalue weighted by molar-refractivity contribution is 6.40. The van der Waals surface area contributed by atoms with E-state index in [-0.39, 0.29) is 0 Å². The minimum Gasteiger partial charge on any atom is -0.490 e. The third-order valence-electron chi connectivity index (χ3n) is 1.78. The Kier molecular flexibility index (Phi) is 5.54. The normalized spacial score (nSPS) is 10.4. The molecule has 0 unspecified atom stereocenters. The smallest absolute Gasteiger partial charge is 0.156 e. The molecular weight excluding hydrogens is 256 g/mol. The van der Waals surface area contributed by atoms with Crippen molar-refractivity contribution >= 4 is 34.8 Å². The molecule has 0 aliphatic heterocycles. The van der Waals surface area contributed by atoms with E-state index in [0.717, 1.165) is 13.0 Å². The van der Waals surface area contributed by atoms with Gasteiger partial charge in [0.15, 0.2) is 5.75 Å². The van der Waals surface area contributed by atoms with Gasteiger partial charge in [0, 0.05) is 5.02 Å². The predicted octanol–water partition coefficient (Wildman–Crippen LogP) is 3.64. The minimum atomic E-state index is 0.442. The number of rotatable bonds is 5. The van der Waals surface area contributed by atoms with Crippen LogP contribution in [0.2, 0.25) is 15.1 Å². The van der Waals surface area contributed by atoms with Gasteiger partial charge in [0.25, 0.3) is 0 Å². The van der Waals surface area contributed by atoms with E-state index in [2.05, 4.69) is 5.32 Å². The lowest BCUT2D eigenvalue weighted by Crippen LogP contribution is -2.11.